The van der Waals surface area contributed by atoms with Gasteiger partial charge in [0.05, 0.1) is 6.26 Å². The van der Waals surface area contributed by atoms with Gasteiger partial charge in [-0.15, -0.1) is 0 Å². The highest BCUT2D eigenvalue weighted by Gasteiger charge is 2.14. The van der Waals surface area contributed by atoms with Crippen molar-refractivity contribution in [3.63, 3.8) is 0 Å². The summed E-state index contributed by atoms with van der Waals surface area (Å²) in [6.45, 7) is 1.87. The van der Waals surface area contributed by atoms with Crippen LogP contribution in [-0.2, 0) is 6.42 Å². The molecular formula is C13H11BrO2. The molecule has 0 aliphatic heterocycles. The van der Waals surface area contributed by atoms with Crippen LogP contribution in [-0.4, -0.2) is 5.78 Å². The zero-order chi connectivity index (χ0) is 11.5. The molecule has 1 heterocycles. The van der Waals surface area contributed by atoms with Crippen molar-refractivity contribution in [2.75, 3.05) is 0 Å². The Hall–Kier alpha value is -1.35. The lowest BCUT2D eigenvalue weighted by Gasteiger charge is -2.02. The van der Waals surface area contributed by atoms with Crippen LogP contribution in [0.5, 0.6) is 0 Å². The summed E-state index contributed by atoms with van der Waals surface area (Å²) >= 11 is 3.42. The predicted octanol–water partition coefficient (Wildman–Crippen LogP) is 3.78. The highest BCUT2D eigenvalue weighted by atomic mass is 79.9. The number of hydrogen-bond donors (Lipinski definition) is 0. The van der Waals surface area contributed by atoms with Crippen LogP contribution in [0.4, 0.5) is 0 Å². The molecule has 2 rings (SSSR count). The number of halogens is 1. The van der Waals surface area contributed by atoms with E-state index in [1.54, 1.807) is 12.3 Å². The minimum absolute atomic E-state index is 0.00870. The van der Waals surface area contributed by atoms with Gasteiger partial charge in [0, 0.05) is 10.9 Å². The number of Topliss-reactive ketones (excluding diaryl/α,β-unsaturated/α-hetero) is 1. The molecule has 0 aliphatic rings. The predicted molar refractivity (Wildman–Crippen MR) is 65.6 cm³/mol. The summed E-state index contributed by atoms with van der Waals surface area (Å²) in [7, 11) is 0. The lowest BCUT2D eigenvalue weighted by atomic mass is 10.1. The third-order valence-electron chi connectivity index (χ3n) is 2.42. The Morgan fingerprint density at radius 3 is 2.69 bits per heavy atom. The molecule has 0 radical (unpaired) electrons. The van der Waals surface area contributed by atoms with Crippen LogP contribution in [0, 0.1) is 6.92 Å². The molecule has 0 amide bonds. The molecule has 3 heteroatoms. The molecule has 1 aromatic carbocycles. The van der Waals surface area contributed by atoms with Crippen molar-refractivity contribution >= 4 is 21.7 Å². The van der Waals surface area contributed by atoms with Gasteiger partial charge in [-0.2, -0.15) is 0 Å². The first-order valence-corrected chi connectivity index (χ1v) is 5.78. The molecule has 0 spiro atoms. The van der Waals surface area contributed by atoms with E-state index >= 15 is 0 Å². The van der Waals surface area contributed by atoms with Gasteiger partial charge in [-0.3, -0.25) is 4.79 Å². The van der Waals surface area contributed by atoms with Crippen LogP contribution in [0.25, 0.3) is 0 Å². The molecule has 0 atom stereocenters. The summed E-state index contributed by atoms with van der Waals surface area (Å²) in [5.74, 6) is 0.463. The maximum atomic E-state index is 11.9. The summed E-state index contributed by atoms with van der Waals surface area (Å²) < 4.78 is 6.12. The maximum absolute atomic E-state index is 11.9. The first kappa shape index (κ1) is 11.1. The Morgan fingerprint density at radius 1 is 1.31 bits per heavy atom. The Bertz CT molecular complexity index is 514. The van der Waals surface area contributed by atoms with E-state index < -0.39 is 0 Å². The first-order chi connectivity index (χ1) is 7.68. The zero-order valence-electron chi connectivity index (χ0n) is 8.87. The standard InChI is InChI=1S/C13H11BrO2/c1-9-6-7-16-13(9)12(15)8-10-4-2-3-5-11(10)14/h2-7H,8H2,1H3. The summed E-state index contributed by atoms with van der Waals surface area (Å²) in [5.41, 5.74) is 1.86. The third-order valence-corrected chi connectivity index (χ3v) is 3.20. The van der Waals surface area contributed by atoms with E-state index in [1.165, 1.54) is 0 Å². The summed E-state index contributed by atoms with van der Waals surface area (Å²) in [5, 5.41) is 0. The van der Waals surface area contributed by atoms with Gasteiger partial charge in [0.15, 0.2) is 5.76 Å². The second-order valence-electron chi connectivity index (χ2n) is 3.62. The molecule has 0 N–H and O–H groups in total. The van der Waals surface area contributed by atoms with E-state index in [0.29, 0.717) is 12.2 Å². The molecule has 1 aromatic heterocycles. The maximum Gasteiger partial charge on any atom is 0.202 e. The average Bonchev–Trinajstić information content (AvgIpc) is 2.68. The molecule has 16 heavy (non-hydrogen) atoms. The number of benzene rings is 1. The minimum Gasteiger partial charge on any atom is -0.461 e. The number of rotatable bonds is 3. The van der Waals surface area contributed by atoms with E-state index in [-0.39, 0.29) is 5.78 Å². The number of ketones is 1. The molecule has 2 aromatic rings. The van der Waals surface area contributed by atoms with E-state index in [9.17, 15) is 4.79 Å². The number of furan rings is 1. The lowest BCUT2D eigenvalue weighted by Crippen LogP contribution is -2.04. The van der Waals surface area contributed by atoms with E-state index in [1.807, 2.05) is 31.2 Å². The fourth-order valence-corrected chi connectivity index (χ4v) is 1.98. The molecule has 0 aliphatic carbocycles. The van der Waals surface area contributed by atoms with Crippen LogP contribution in [0.1, 0.15) is 21.7 Å². The van der Waals surface area contributed by atoms with Crippen LogP contribution in [0.15, 0.2) is 45.5 Å². The van der Waals surface area contributed by atoms with Gasteiger partial charge in [-0.25, -0.2) is 0 Å². The summed E-state index contributed by atoms with van der Waals surface area (Å²) in [6, 6.07) is 9.50. The second-order valence-corrected chi connectivity index (χ2v) is 4.48. The Kier molecular flexibility index (Phi) is 3.25. The Balaban J connectivity index is 2.21. The van der Waals surface area contributed by atoms with Crippen molar-refractivity contribution in [3.05, 3.63) is 58.0 Å². The van der Waals surface area contributed by atoms with Crippen LogP contribution >= 0.6 is 15.9 Å². The van der Waals surface area contributed by atoms with Crippen LogP contribution in [0.3, 0.4) is 0 Å². The van der Waals surface area contributed by atoms with Gasteiger partial charge in [0.1, 0.15) is 0 Å². The van der Waals surface area contributed by atoms with Crippen LogP contribution in [0.2, 0.25) is 0 Å². The normalized spacial score (nSPS) is 10.4. The first-order valence-electron chi connectivity index (χ1n) is 4.99. The molecule has 2 nitrogen and oxygen atoms in total. The van der Waals surface area contributed by atoms with E-state index in [4.69, 9.17) is 4.42 Å². The number of carbonyl (C=O) groups is 1. The minimum atomic E-state index is 0.00870. The molecule has 0 unspecified atom stereocenters. The van der Waals surface area contributed by atoms with Crippen LogP contribution < -0.4 is 0 Å². The van der Waals surface area contributed by atoms with Crippen molar-refractivity contribution in [2.24, 2.45) is 0 Å². The molecular weight excluding hydrogens is 268 g/mol. The molecule has 0 bridgehead atoms. The Morgan fingerprint density at radius 2 is 2.06 bits per heavy atom. The van der Waals surface area contributed by atoms with Crippen molar-refractivity contribution < 1.29 is 9.21 Å². The topological polar surface area (TPSA) is 30.2 Å². The van der Waals surface area contributed by atoms with Gasteiger partial charge < -0.3 is 4.42 Å². The van der Waals surface area contributed by atoms with Gasteiger partial charge in [-0.05, 0) is 30.2 Å². The lowest BCUT2D eigenvalue weighted by molar-refractivity contribution is 0.0965. The average molecular weight is 279 g/mol. The largest absolute Gasteiger partial charge is 0.461 e. The number of aryl methyl sites for hydroxylation is 1. The van der Waals surface area contributed by atoms with E-state index in [0.717, 1.165) is 15.6 Å². The highest BCUT2D eigenvalue weighted by molar-refractivity contribution is 9.10. The highest BCUT2D eigenvalue weighted by Crippen LogP contribution is 2.19. The number of carbonyl (C=O) groups excluding carboxylic acids is 1. The van der Waals surface area contributed by atoms with E-state index in [2.05, 4.69) is 15.9 Å². The SMILES string of the molecule is Cc1ccoc1C(=O)Cc1ccccc1Br. The van der Waals surface area contributed by atoms with Gasteiger partial charge >= 0.3 is 0 Å². The molecule has 0 fully saturated rings. The quantitative estimate of drug-likeness (QED) is 0.800. The Labute approximate surface area is 102 Å². The van der Waals surface area contributed by atoms with Crippen molar-refractivity contribution in [1.82, 2.24) is 0 Å². The summed E-state index contributed by atoms with van der Waals surface area (Å²) in [6.07, 6.45) is 1.90. The van der Waals surface area contributed by atoms with Gasteiger partial charge in [0.2, 0.25) is 5.78 Å². The second kappa shape index (κ2) is 4.66. The van der Waals surface area contributed by atoms with Gasteiger partial charge in [0.25, 0.3) is 0 Å². The van der Waals surface area contributed by atoms with Gasteiger partial charge in [-0.1, -0.05) is 34.1 Å². The number of hydrogen-bond acceptors (Lipinski definition) is 2. The smallest absolute Gasteiger partial charge is 0.202 e. The summed E-state index contributed by atoms with van der Waals surface area (Å²) in [4.78, 5) is 11.9. The molecule has 0 saturated carbocycles. The monoisotopic (exact) mass is 278 g/mol. The molecule has 0 saturated heterocycles. The fourth-order valence-electron chi connectivity index (χ4n) is 1.55. The molecule has 82 valence electrons. The van der Waals surface area contributed by atoms with Crippen molar-refractivity contribution in [3.8, 4) is 0 Å². The third kappa shape index (κ3) is 2.25. The van der Waals surface area contributed by atoms with Crippen molar-refractivity contribution in [1.29, 1.82) is 0 Å². The fraction of sp³-hybridized carbons (Fsp3) is 0.154. The zero-order valence-corrected chi connectivity index (χ0v) is 10.5. The van der Waals surface area contributed by atoms with Crippen molar-refractivity contribution in [2.45, 2.75) is 13.3 Å².